The van der Waals surface area contributed by atoms with E-state index < -0.39 is 17.5 Å². The minimum Gasteiger partial charge on any atom is -0.493 e. The van der Waals surface area contributed by atoms with Gasteiger partial charge in [0.2, 0.25) is 0 Å². The van der Waals surface area contributed by atoms with Crippen LogP contribution in [0.2, 0.25) is 5.02 Å². The van der Waals surface area contributed by atoms with E-state index in [-0.39, 0.29) is 40.2 Å². The second kappa shape index (κ2) is 6.76. The summed E-state index contributed by atoms with van der Waals surface area (Å²) in [5.74, 6) is -2.33. The van der Waals surface area contributed by atoms with Crippen molar-refractivity contribution in [2.45, 2.75) is 6.92 Å². The molecule has 3 rings (SSSR count). The largest absolute Gasteiger partial charge is 0.493 e. The molecule has 0 radical (unpaired) electrons. The van der Waals surface area contributed by atoms with Crippen molar-refractivity contribution in [3.05, 3.63) is 52.8 Å². The molecule has 0 atom stereocenters. The maximum absolute atomic E-state index is 14.1. The van der Waals surface area contributed by atoms with Gasteiger partial charge in [0, 0.05) is 13.1 Å². The van der Waals surface area contributed by atoms with Crippen LogP contribution in [0.4, 0.5) is 13.2 Å². The summed E-state index contributed by atoms with van der Waals surface area (Å²) in [6.07, 6.45) is 0. The Kier molecular flexibility index (Phi) is 4.67. The van der Waals surface area contributed by atoms with Crippen molar-refractivity contribution >= 4 is 11.6 Å². The Morgan fingerprint density at radius 3 is 2.52 bits per heavy atom. The van der Waals surface area contributed by atoms with Crippen LogP contribution in [0.25, 0.3) is 22.8 Å². The maximum atomic E-state index is 14.1. The van der Waals surface area contributed by atoms with Gasteiger partial charge in [0.05, 0.1) is 22.8 Å². The molecule has 25 heavy (non-hydrogen) atoms. The van der Waals surface area contributed by atoms with Gasteiger partial charge >= 0.3 is 0 Å². The molecule has 0 spiro atoms. The van der Waals surface area contributed by atoms with E-state index in [9.17, 15) is 13.2 Å². The molecule has 1 heterocycles. The fourth-order valence-electron chi connectivity index (χ4n) is 2.41. The summed E-state index contributed by atoms with van der Waals surface area (Å²) in [6.45, 7) is 1.97. The molecule has 0 aliphatic heterocycles. The molecule has 0 aliphatic carbocycles. The summed E-state index contributed by atoms with van der Waals surface area (Å²) in [5.41, 5.74) is 0.237. The van der Waals surface area contributed by atoms with Gasteiger partial charge in [-0.2, -0.15) is 5.10 Å². The third-order valence-electron chi connectivity index (χ3n) is 3.51. The lowest BCUT2D eigenvalue weighted by Gasteiger charge is -2.10. The molecule has 0 amide bonds. The number of ether oxygens (including phenoxy) is 1. The highest BCUT2D eigenvalue weighted by Gasteiger charge is 2.21. The Labute approximate surface area is 146 Å². The molecule has 1 aromatic heterocycles. The van der Waals surface area contributed by atoms with E-state index in [1.54, 1.807) is 14.0 Å². The molecule has 3 aromatic rings. The SMILES string of the molecule is CCOc1cc(F)c(F)cc1-c1nc(-c2c(F)cccc2Cl)nn1C. The third kappa shape index (κ3) is 3.19. The first-order valence-electron chi connectivity index (χ1n) is 7.40. The van der Waals surface area contributed by atoms with Gasteiger partial charge in [0.15, 0.2) is 23.3 Å². The van der Waals surface area contributed by atoms with Crippen LogP contribution in [-0.2, 0) is 7.05 Å². The van der Waals surface area contributed by atoms with Gasteiger partial charge in [-0.25, -0.2) is 22.8 Å². The summed E-state index contributed by atoms with van der Waals surface area (Å²) in [7, 11) is 1.55. The number of halogens is 4. The van der Waals surface area contributed by atoms with Crippen LogP contribution < -0.4 is 4.74 Å². The Hall–Kier alpha value is -2.54. The summed E-state index contributed by atoms with van der Waals surface area (Å²) in [4.78, 5) is 4.24. The number of rotatable bonds is 4. The molecule has 0 bridgehead atoms. The van der Waals surface area contributed by atoms with E-state index in [0.717, 1.165) is 12.1 Å². The number of aryl methyl sites for hydroxylation is 1. The molecular formula is C17H13ClF3N3O. The summed E-state index contributed by atoms with van der Waals surface area (Å²) >= 11 is 6.04. The van der Waals surface area contributed by atoms with Gasteiger partial charge in [-0.1, -0.05) is 17.7 Å². The highest BCUT2D eigenvalue weighted by molar-refractivity contribution is 6.33. The second-order valence-corrected chi connectivity index (χ2v) is 5.58. The standard InChI is InChI=1S/C17H13ClF3N3O/c1-3-25-14-8-13(21)12(20)7-9(14)17-22-16(23-24(17)2)15-10(18)5-4-6-11(15)19/h4-8H,3H2,1-2H3. The summed E-state index contributed by atoms with van der Waals surface area (Å²) in [5, 5.41) is 4.29. The van der Waals surface area contributed by atoms with Crippen molar-refractivity contribution in [2.24, 2.45) is 7.05 Å². The molecule has 0 aliphatic rings. The fourth-order valence-corrected chi connectivity index (χ4v) is 2.66. The predicted octanol–water partition coefficient (Wildman–Crippen LogP) is 4.62. The molecule has 0 N–H and O–H groups in total. The Morgan fingerprint density at radius 1 is 1.12 bits per heavy atom. The molecule has 2 aromatic carbocycles. The van der Waals surface area contributed by atoms with Crippen LogP contribution >= 0.6 is 11.6 Å². The van der Waals surface area contributed by atoms with E-state index >= 15 is 0 Å². The second-order valence-electron chi connectivity index (χ2n) is 5.17. The van der Waals surface area contributed by atoms with Crippen LogP contribution in [0.15, 0.2) is 30.3 Å². The number of benzene rings is 2. The predicted molar refractivity (Wildman–Crippen MR) is 87.9 cm³/mol. The number of aromatic nitrogens is 3. The topological polar surface area (TPSA) is 39.9 Å². The van der Waals surface area contributed by atoms with Crippen LogP contribution in [0.3, 0.4) is 0 Å². The lowest BCUT2D eigenvalue weighted by atomic mass is 10.1. The van der Waals surface area contributed by atoms with Gasteiger partial charge in [-0.3, -0.25) is 0 Å². The highest BCUT2D eigenvalue weighted by atomic mass is 35.5. The molecule has 130 valence electrons. The molecule has 8 heteroatoms. The highest BCUT2D eigenvalue weighted by Crippen LogP contribution is 2.34. The fraction of sp³-hybridized carbons (Fsp3) is 0.176. The molecule has 0 saturated carbocycles. The minimum atomic E-state index is -1.05. The van der Waals surface area contributed by atoms with E-state index in [4.69, 9.17) is 16.3 Å². The Bertz CT molecular complexity index is 923. The van der Waals surface area contributed by atoms with Crippen LogP contribution in [0.5, 0.6) is 5.75 Å². The normalized spacial score (nSPS) is 11.0. The zero-order chi connectivity index (χ0) is 18.1. The zero-order valence-electron chi connectivity index (χ0n) is 13.4. The monoisotopic (exact) mass is 367 g/mol. The Morgan fingerprint density at radius 2 is 1.84 bits per heavy atom. The number of hydrogen-bond acceptors (Lipinski definition) is 3. The van der Waals surface area contributed by atoms with Gasteiger partial charge in [-0.15, -0.1) is 0 Å². The lowest BCUT2D eigenvalue weighted by molar-refractivity contribution is 0.337. The molecule has 0 saturated heterocycles. The zero-order valence-corrected chi connectivity index (χ0v) is 14.1. The van der Waals surface area contributed by atoms with Crippen molar-refractivity contribution in [1.29, 1.82) is 0 Å². The average Bonchev–Trinajstić information content (AvgIpc) is 2.92. The molecule has 0 unspecified atom stereocenters. The van der Waals surface area contributed by atoms with Crippen LogP contribution in [0.1, 0.15) is 6.92 Å². The van der Waals surface area contributed by atoms with E-state index in [0.29, 0.717) is 0 Å². The number of nitrogens with zero attached hydrogens (tertiary/aromatic N) is 3. The van der Waals surface area contributed by atoms with E-state index in [2.05, 4.69) is 10.1 Å². The quantitative estimate of drug-likeness (QED) is 0.675. The van der Waals surface area contributed by atoms with Gasteiger partial charge in [0.25, 0.3) is 0 Å². The number of hydrogen-bond donors (Lipinski definition) is 0. The first-order chi connectivity index (χ1) is 11.9. The lowest BCUT2D eigenvalue weighted by Crippen LogP contribution is -2.01. The van der Waals surface area contributed by atoms with Gasteiger partial charge in [0.1, 0.15) is 11.6 Å². The molecule has 0 fully saturated rings. The Balaban J connectivity index is 2.18. The first kappa shape index (κ1) is 17.3. The third-order valence-corrected chi connectivity index (χ3v) is 3.83. The van der Waals surface area contributed by atoms with Gasteiger partial charge in [-0.05, 0) is 25.1 Å². The van der Waals surface area contributed by atoms with Crippen LogP contribution in [-0.4, -0.2) is 21.4 Å². The van der Waals surface area contributed by atoms with E-state index in [1.165, 1.54) is 22.9 Å². The summed E-state index contributed by atoms with van der Waals surface area (Å²) < 4.78 is 48.0. The van der Waals surface area contributed by atoms with E-state index in [1.807, 2.05) is 0 Å². The first-order valence-corrected chi connectivity index (χ1v) is 7.77. The van der Waals surface area contributed by atoms with Crippen molar-refractivity contribution in [2.75, 3.05) is 6.61 Å². The van der Waals surface area contributed by atoms with Crippen molar-refractivity contribution in [1.82, 2.24) is 14.8 Å². The van der Waals surface area contributed by atoms with Gasteiger partial charge < -0.3 is 4.74 Å². The van der Waals surface area contributed by atoms with Crippen LogP contribution in [0, 0.1) is 17.5 Å². The maximum Gasteiger partial charge on any atom is 0.186 e. The minimum absolute atomic E-state index is 0.0339. The van der Waals surface area contributed by atoms with Crippen molar-refractivity contribution in [3.8, 4) is 28.5 Å². The molecule has 4 nitrogen and oxygen atoms in total. The summed E-state index contributed by atoms with van der Waals surface area (Å²) in [6, 6.07) is 6.13. The van der Waals surface area contributed by atoms with Crippen molar-refractivity contribution in [3.63, 3.8) is 0 Å². The smallest absolute Gasteiger partial charge is 0.186 e. The average molecular weight is 368 g/mol. The molecular weight excluding hydrogens is 355 g/mol. The van der Waals surface area contributed by atoms with Crippen molar-refractivity contribution < 1.29 is 17.9 Å².